The van der Waals surface area contributed by atoms with Crippen molar-refractivity contribution in [2.45, 2.75) is 16.6 Å². The van der Waals surface area contributed by atoms with Crippen LogP contribution in [0.25, 0.3) is 0 Å². The van der Waals surface area contributed by atoms with E-state index < -0.39 is 9.76 Å². The molecule has 0 amide bonds. The number of hydrogen-bond donors (Lipinski definition) is 1. The van der Waals surface area contributed by atoms with E-state index in [4.69, 9.17) is 39.9 Å². The van der Waals surface area contributed by atoms with E-state index in [-0.39, 0.29) is 24.6 Å². The summed E-state index contributed by atoms with van der Waals surface area (Å²) in [5.41, 5.74) is 0. The Labute approximate surface area is 93.9 Å². The number of aromatic nitrogens is 2. The lowest BCUT2D eigenvalue weighted by molar-refractivity contribution is -0.137. The van der Waals surface area contributed by atoms with Crippen LogP contribution in [0, 0.1) is 0 Å². The molecule has 1 aromatic heterocycles. The van der Waals surface area contributed by atoms with Gasteiger partial charge in [-0.15, -0.1) is 0 Å². The molecule has 0 fully saturated rings. The van der Waals surface area contributed by atoms with Gasteiger partial charge >= 0.3 is 5.97 Å². The highest BCUT2D eigenvalue weighted by molar-refractivity contribution is 6.66. The molecule has 0 aliphatic heterocycles. The molecule has 0 aromatic carbocycles. The van der Waals surface area contributed by atoms with Gasteiger partial charge in [-0.1, -0.05) is 40.0 Å². The van der Waals surface area contributed by atoms with Crippen LogP contribution in [0.1, 0.15) is 18.1 Å². The second-order valence-electron chi connectivity index (χ2n) is 2.40. The van der Waals surface area contributed by atoms with Crippen molar-refractivity contribution in [3.63, 3.8) is 0 Å². The number of hydrogen-bond acceptors (Lipinski definition) is 4. The van der Waals surface area contributed by atoms with Crippen molar-refractivity contribution in [1.29, 1.82) is 0 Å². The summed E-state index contributed by atoms with van der Waals surface area (Å²) >= 11 is 16.4. The van der Waals surface area contributed by atoms with Crippen molar-refractivity contribution in [1.82, 2.24) is 10.1 Å². The molecule has 0 aliphatic rings. The van der Waals surface area contributed by atoms with Gasteiger partial charge in [-0.2, -0.15) is 4.98 Å². The van der Waals surface area contributed by atoms with Gasteiger partial charge in [0.2, 0.25) is 11.7 Å². The highest BCUT2D eigenvalue weighted by Gasteiger charge is 2.29. The van der Waals surface area contributed by atoms with Crippen molar-refractivity contribution >= 4 is 40.8 Å². The summed E-state index contributed by atoms with van der Waals surface area (Å²) in [6, 6.07) is 0. The zero-order valence-corrected chi connectivity index (χ0v) is 8.97. The Morgan fingerprint density at radius 3 is 2.57 bits per heavy atom. The van der Waals surface area contributed by atoms with Crippen LogP contribution in [0.3, 0.4) is 0 Å². The van der Waals surface area contributed by atoms with Crippen LogP contribution in [-0.2, 0) is 15.0 Å². The second-order valence-corrected chi connectivity index (χ2v) is 4.68. The van der Waals surface area contributed by atoms with E-state index in [1.807, 2.05) is 0 Å². The fourth-order valence-electron chi connectivity index (χ4n) is 0.685. The molecule has 0 saturated carbocycles. The number of halogens is 3. The minimum absolute atomic E-state index is 0.0945. The molecule has 0 saturated heterocycles. The summed E-state index contributed by atoms with van der Waals surface area (Å²) in [4.78, 5) is 13.9. The van der Waals surface area contributed by atoms with Crippen LogP contribution in [0.4, 0.5) is 0 Å². The first-order valence-corrected chi connectivity index (χ1v) is 4.64. The van der Waals surface area contributed by atoms with E-state index in [1.165, 1.54) is 0 Å². The Morgan fingerprint density at radius 1 is 1.50 bits per heavy atom. The highest BCUT2D eigenvalue weighted by atomic mass is 35.6. The standard InChI is InChI=1S/C6H5Cl3N2O3/c7-6(8,9)5-10-3(14-11-5)1-2-4(12)13/h1-2H2,(H,12,13). The summed E-state index contributed by atoms with van der Waals surface area (Å²) in [6.45, 7) is 0. The Balaban J connectivity index is 2.64. The van der Waals surface area contributed by atoms with Crippen LogP contribution >= 0.6 is 34.8 Å². The highest BCUT2D eigenvalue weighted by Crippen LogP contribution is 2.35. The molecule has 78 valence electrons. The first-order chi connectivity index (χ1) is 6.39. The third-order valence-corrected chi connectivity index (χ3v) is 1.78. The SMILES string of the molecule is O=C(O)CCc1nc(C(Cl)(Cl)Cl)no1. The molecule has 0 spiro atoms. The molecular formula is C6H5Cl3N2O3. The van der Waals surface area contributed by atoms with Crippen LogP contribution < -0.4 is 0 Å². The topological polar surface area (TPSA) is 76.2 Å². The number of alkyl halides is 3. The maximum Gasteiger partial charge on any atom is 0.303 e. The number of aliphatic carboxylic acids is 1. The quantitative estimate of drug-likeness (QED) is 0.839. The number of nitrogens with zero attached hydrogens (tertiary/aromatic N) is 2. The fraction of sp³-hybridized carbons (Fsp3) is 0.500. The summed E-state index contributed by atoms with van der Waals surface area (Å²) in [5, 5.41) is 11.8. The molecule has 0 atom stereocenters. The predicted molar refractivity (Wildman–Crippen MR) is 49.5 cm³/mol. The lowest BCUT2D eigenvalue weighted by Crippen LogP contribution is -2.03. The van der Waals surface area contributed by atoms with E-state index in [0.717, 1.165) is 0 Å². The van der Waals surface area contributed by atoms with Crippen molar-refractivity contribution in [3.8, 4) is 0 Å². The van der Waals surface area contributed by atoms with Gasteiger partial charge in [0.1, 0.15) is 0 Å². The smallest absolute Gasteiger partial charge is 0.303 e. The van der Waals surface area contributed by atoms with Gasteiger partial charge in [-0.3, -0.25) is 4.79 Å². The zero-order chi connectivity index (χ0) is 10.8. The Bertz CT molecular complexity index is 333. The van der Waals surface area contributed by atoms with Gasteiger partial charge in [-0.25, -0.2) is 0 Å². The van der Waals surface area contributed by atoms with Gasteiger partial charge in [0.15, 0.2) is 0 Å². The Morgan fingerprint density at radius 2 is 2.14 bits per heavy atom. The Kier molecular flexibility index (Phi) is 3.58. The lowest BCUT2D eigenvalue weighted by atomic mass is 10.3. The van der Waals surface area contributed by atoms with Crippen LogP contribution in [0.5, 0.6) is 0 Å². The van der Waals surface area contributed by atoms with Gasteiger partial charge in [0, 0.05) is 6.42 Å². The van der Waals surface area contributed by atoms with Crippen molar-refractivity contribution in [2.75, 3.05) is 0 Å². The van der Waals surface area contributed by atoms with E-state index >= 15 is 0 Å². The minimum Gasteiger partial charge on any atom is -0.481 e. The van der Waals surface area contributed by atoms with Gasteiger partial charge in [0.05, 0.1) is 6.42 Å². The molecule has 5 nitrogen and oxygen atoms in total. The summed E-state index contributed by atoms with van der Waals surface area (Å²) in [7, 11) is 0. The second kappa shape index (κ2) is 4.33. The van der Waals surface area contributed by atoms with E-state index in [0.29, 0.717) is 0 Å². The first kappa shape index (κ1) is 11.6. The van der Waals surface area contributed by atoms with Crippen molar-refractivity contribution < 1.29 is 14.4 Å². The molecule has 1 heterocycles. The van der Waals surface area contributed by atoms with E-state index in [9.17, 15) is 4.79 Å². The maximum atomic E-state index is 10.2. The number of aryl methyl sites for hydroxylation is 1. The molecule has 1 aromatic rings. The summed E-state index contributed by atoms with van der Waals surface area (Å²) < 4.78 is 2.92. The average molecular weight is 259 g/mol. The molecule has 1 rings (SSSR count). The summed E-state index contributed by atoms with van der Waals surface area (Å²) in [5.74, 6) is -0.921. The monoisotopic (exact) mass is 258 g/mol. The number of carbonyl (C=O) groups is 1. The predicted octanol–water partition coefficient (Wildman–Crippen LogP) is 1.91. The van der Waals surface area contributed by atoms with E-state index in [2.05, 4.69) is 14.7 Å². The molecule has 8 heteroatoms. The molecule has 0 unspecified atom stereocenters. The van der Waals surface area contributed by atoms with Crippen molar-refractivity contribution in [3.05, 3.63) is 11.7 Å². The maximum absolute atomic E-state index is 10.2. The lowest BCUT2D eigenvalue weighted by Gasteiger charge is -2.01. The number of carboxylic acids is 1. The molecule has 0 bridgehead atoms. The average Bonchev–Trinajstić information content (AvgIpc) is 2.47. The minimum atomic E-state index is -1.75. The molecule has 1 N–H and O–H groups in total. The van der Waals surface area contributed by atoms with Gasteiger partial charge in [0.25, 0.3) is 3.79 Å². The van der Waals surface area contributed by atoms with Gasteiger partial charge in [-0.05, 0) is 0 Å². The molecule has 0 aliphatic carbocycles. The van der Waals surface area contributed by atoms with Crippen LogP contribution in [0.15, 0.2) is 4.52 Å². The normalized spacial score (nSPS) is 11.6. The first-order valence-electron chi connectivity index (χ1n) is 3.51. The number of carboxylic acid groups (broad SMARTS) is 1. The Hall–Kier alpha value is -0.520. The third kappa shape index (κ3) is 3.32. The van der Waals surface area contributed by atoms with Crippen LogP contribution in [-0.4, -0.2) is 21.2 Å². The largest absolute Gasteiger partial charge is 0.481 e. The zero-order valence-electron chi connectivity index (χ0n) is 6.71. The van der Waals surface area contributed by atoms with Crippen LogP contribution in [0.2, 0.25) is 0 Å². The molecular weight excluding hydrogens is 254 g/mol. The summed E-state index contributed by atoms with van der Waals surface area (Å²) in [6.07, 6.45) is 0.00453. The third-order valence-electron chi connectivity index (χ3n) is 1.27. The van der Waals surface area contributed by atoms with Crippen molar-refractivity contribution in [2.24, 2.45) is 0 Å². The van der Waals surface area contributed by atoms with Gasteiger partial charge < -0.3 is 9.63 Å². The van der Waals surface area contributed by atoms with E-state index in [1.54, 1.807) is 0 Å². The number of rotatable bonds is 3. The molecule has 0 radical (unpaired) electrons. The fourth-order valence-corrected chi connectivity index (χ4v) is 0.916. The molecule has 14 heavy (non-hydrogen) atoms.